The fourth-order valence-corrected chi connectivity index (χ4v) is 0.202. The summed E-state index contributed by atoms with van der Waals surface area (Å²) in [6.07, 6.45) is -1.33. The standard InChI is InChI=1S/C3H7BO5.Li.H/c1-2(5)3(6)9-4(7)8;;/h2,5,7-8H,1H3;;/q;+1;-1. The monoisotopic (exact) mass is 142 g/mol. The Kier molecular flexibility index (Phi) is 7.31. The Bertz CT molecular complexity index is 110. The molecule has 5 nitrogen and oxygen atoms in total. The van der Waals surface area contributed by atoms with Crippen molar-refractivity contribution in [3.05, 3.63) is 0 Å². The van der Waals surface area contributed by atoms with Crippen molar-refractivity contribution in [1.29, 1.82) is 0 Å². The van der Waals surface area contributed by atoms with Gasteiger partial charge in [0, 0.05) is 0 Å². The number of aliphatic hydroxyl groups is 1. The normalized spacial score (nSPS) is 11.2. The Balaban J connectivity index is -0.000000320. The van der Waals surface area contributed by atoms with Crippen LogP contribution in [0.4, 0.5) is 0 Å². The Morgan fingerprint density at radius 1 is 1.70 bits per heavy atom. The number of hydrogen-bond donors (Lipinski definition) is 3. The van der Waals surface area contributed by atoms with Crippen LogP contribution in [-0.4, -0.2) is 34.5 Å². The van der Waals surface area contributed by atoms with E-state index >= 15 is 0 Å². The van der Waals surface area contributed by atoms with E-state index in [0.29, 0.717) is 0 Å². The van der Waals surface area contributed by atoms with Crippen LogP contribution in [0.1, 0.15) is 8.35 Å². The Labute approximate surface area is 71.8 Å². The van der Waals surface area contributed by atoms with Crippen molar-refractivity contribution in [3.63, 3.8) is 0 Å². The molecule has 3 N–H and O–H groups in total. The molecule has 0 amide bonds. The molecule has 0 aromatic rings. The summed E-state index contributed by atoms with van der Waals surface area (Å²) < 4.78 is 3.73. The quantitative estimate of drug-likeness (QED) is 0.336. The van der Waals surface area contributed by atoms with Crippen LogP contribution in [0.3, 0.4) is 0 Å². The topological polar surface area (TPSA) is 87.0 Å². The summed E-state index contributed by atoms with van der Waals surface area (Å²) in [7, 11) is -2.15. The van der Waals surface area contributed by atoms with Crippen LogP contribution in [0.15, 0.2) is 0 Å². The van der Waals surface area contributed by atoms with E-state index in [0.717, 1.165) is 6.92 Å². The minimum atomic E-state index is -2.15. The zero-order valence-corrected chi connectivity index (χ0v) is 5.81. The van der Waals surface area contributed by atoms with Crippen molar-refractivity contribution in [2.45, 2.75) is 13.0 Å². The Morgan fingerprint density at radius 3 is 2.20 bits per heavy atom. The molecule has 0 radical (unpaired) electrons. The summed E-state index contributed by atoms with van der Waals surface area (Å²) in [5.41, 5.74) is 0. The predicted octanol–water partition coefficient (Wildman–Crippen LogP) is -5.00. The molecular weight excluding hydrogens is 134 g/mol. The Morgan fingerprint density at radius 2 is 2.10 bits per heavy atom. The summed E-state index contributed by atoms with van der Waals surface area (Å²) in [4.78, 5) is 10.2. The third-order valence-corrected chi connectivity index (χ3v) is 0.563. The van der Waals surface area contributed by atoms with Gasteiger partial charge in [0.15, 0.2) is 0 Å². The van der Waals surface area contributed by atoms with Crippen molar-refractivity contribution in [2.24, 2.45) is 0 Å². The first kappa shape index (κ1) is 12.7. The van der Waals surface area contributed by atoms with E-state index < -0.39 is 19.4 Å². The maximum Gasteiger partial charge on any atom is 1.00 e. The minimum absolute atomic E-state index is 0. The summed E-state index contributed by atoms with van der Waals surface area (Å²) in [5, 5.41) is 24.3. The molecule has 7 heteroatoms. The predicted molar refractivity (Wildman–Crippen MR) is 29.1 cm³/mol. The van der Waals surface area contributed by atoms with Crippen LogP contribution >= 0.6 is 0 Å². The van der Waals surface area contributed by atoms with Gasteiger partial charge in [0.2, 0.25) is 0 Å². The first-order valence-electron chi connectivity index (χ1n) is 2.28. The van der Waals surface area contributed by atoms with Gasteiger partial charge in [-0.3, -0.25) is 4.79 Å². The average molecular weight is 142 g/mol. The van der Waals surface area contributed by atoms with Crippen molar-refractivity contribution in [3.8, 4) is 0 Å². The molecule has 0 rings (SSSR count). The summed E-state index contributed by atoms with van der Waals surface area (Å²) in [5.74, 6) is -1.06. The third kappa shape index (κ3) is 6.14. The van der Waals surface area contributed by atoms with Crippen LogP contribution in [0.25, 0.3) is 0 Å². The van der Waals surface area contributed by atoms with Crippen LogP contribution in [0, 0.1) is 0 Å². The molecule has 0 aliphatic heterocycles. The second kappa shape index (κ2) is 5.77. The fourth-order valence-electron chi connectivity index (χ4n) is 0.202. The van der Waals surface area contributed by atoms with Gasteiger partial charge in [0.1, 0.15) is 6.10 Å². The van der Waals surface area contributed by atoms with Gasteiger partial charge in [-0.1, -0.05) is 0 Å². The number of carbonyl (C=O) groups is 1. The molecular formula is C3H8BLiO5. The molecule has 0 saturated carbocycles. The molecule has 0 heterocycles. The molecule has 0 aromatic carbocycles. The maximum atomic E-state index is 10.2. The van der Waals surface area contributed by atoms with Gasteiger partial charge in [0.05, 0.1) is 0 Å². The second-order valence-corrected chi connectivity index (χ2v) is 1.44. The van der Waals surface area contributed by atoms with Crippen LogP contribution in [0.2, 0.25) is 0 Å². The molecule has 0 fully saturated rings. The molecule has 0 saturated heterocycles. The van der Waals surface area contributed by atoms with E-state index in [9.17, 15) is 4.79 Å². The molecule has 0 aliphatic carbocycles. The molecule has 10 heavy (non-hydrogen) atoms. The number of aliphatic hydroxyl groups excluding tert-OH is 1. The van der Waals surface area contributed by atoms with Crippen LogP contribution in [0.5, 0.6) is 0 Å². The summed E-state index contributed by atoms with van der Waals surface area (Å²) in [6, 6.07) is 0. The fraction of sp³-hybridized carbons (Fsp3) is 0.667. The third-order valence-electron chi connectivity index (χ3n) is 0.563. The molecule has 1 atom stereocenters. The SMILES string of the molecule is CC(O)C(=O)OB(O)O.[H-].[Li+]. The first-order valence-corrected chi connectivity index (χ1v) is 2.28. The minimum Gasteiger partial charge on any atom is -1.00 e. The van der Waals surface area contributed by atoms with E-state index in [1.165, 1.54) is 0 Å². The van der Waals surface area contributed by atoms with Crippen molar-refractivity contribution in [1.82, 2.24) is 0 Å². The van der Waals surface area contributed by atoms with E-state index in [-0.39, 0.29) is 20.3 Å². The summed E-state index contributed by atoms with van der Waals surface area (Å²) in [6.45, 7) is 1.16. The van der Waals surface area contributed by atoms with Crippen LogP contribution < -0.4 is 18.9 Å². The largest absolute Gasteiger partial charge is 1.00 e. The van der Waals surface area contributed by atoms with Gasteiger partial charge in [-0.05, 0) is 6.92 Å². The number of carbonyl (C=O) groups excluding carboxylic acids is 1. The van der Waals surface area contributed by atoms with Crippen LogP contribution in [-0.2, 0) is 9.45 Å². The smallest absolute Gasteiger partial charge is 1.00 e. The zero-order valence-electron chi connectivity index (χ0n) is 6.81. The Hall–Kier alpha value is 0.0123. The zero-order chi connectivity index (χ0) is 7.44. The van der Waals surface area contributed by atoms with E-state index in [1.54, 1.807) is 0 Å². The molecule has 0 spiro atoms. The molecule has 0 aliphatic rings. The van der Waals surface area contributed by atoms with Gasteiger partial charge >= 0.3 is 32.2 Å². The van der Waals surface area contributed by atoms with E-state index in [4.69, 9.17) is 15.2 Å². The van der Waals surface area contributed by atoms with Gasteiger partial charge in [-0.15, -0.1) is 0 Å². The van der Waals surface area contributed by atoms with Crippen molar-refractivity contribution >= 4 is 13.3 Å². The number of rotatable bonds is 2. The van der Waals surface area contributed by atoms with Gasteiger partial charge in [-0.2, -0.15) is 0 Å². The summed E-state index contributed by atoms with van der Waals surface area (Å²) >= 11 is 0. The van der Waals surface area contributed by atoms with E-state index in [1.807, 2.05) is 0 Å². The number of hydrogen-bond acceptors (Lipinski definition) is 5. The second-order valence-electron chi connectivity index (χ2n) is 1.44. The molecule has 54 valence electrons. The average Bonchev–Trinajstić information content (AvgIpc) is 1.63. The van der Waals surface area contributed by atoms with Gasteiger partial charge in [0.25, 0.3) is 0 Å². The van der Waals surface area contributed by atoms with Crippen molar-refractivity contribution < 1.29 is 44.9 Å². The molecule has 1 unspecified atom stereocenters. The first-order chi connectivity index (χ1) is 4.04. The molecule has 0 bridgehead atoms. The van der Waals surface area contributed by atoms with Crippen molar-refractivity contribution in [2.75, 3.05) is 0 Å². The maximum absolute atomic E-state index is 10.2. The van der Waals surface area contributed by atoms with Gasteiger partial charge in [-0.25, -0.2) is 0 Å². The molecule has 0 aromatic heterocycles. The van der Waals surface area contributed by atoms with Gasteiger partial charge < -0.3 is 21.2 Å². The van der Waals surface area contributed by atoms with E-state index in [2.05, 4.69) is 4.65 Å².